The highest BCUT2D eigenvalue weighted by molar-refractivity contribution is 5.92. The number of likely N-dealkylation sites (tertiary alicyclic amines) is 1. The first kappa shape index (κ1) is 22.4. The molecule has 7 nitrogen and oxygen atoms in total. The van der Waals surface area contributed by atoms with Crippen LogP contribution < -0.4 is 10.6 Å². The zero-order chi connectivity index (χ0) is 22.3. The van der Waals surface area contributed by atoms with Gasteiger partial charge in [-0.15, -0.1) is 0 Å². The van der Waals surface area contributed by atoms with Gasteiger partial charge in [-0.1, -0.05) is 31.9 Å². The van der Waals surface area contributed by atoms with Crippen LogP contribution in [0.15, 0.2) is 48.0 Å². The molecule has 1 aromatic carbocycles. The van der Waals surface area contributed by atoms with Crippen molar-refractivity contribution in [2.75, 3.05) is 25.0 Å². The molecule has 2 aliphatic rings. The fraction of sp³-hybridized carbons (Fsp3) is 0.560. The summed E-state index contributed by atoms with van der Waals surface area (Å²) >= 11 is 0. The lowest BCUT2D eigenvalue weighted by molar-refractivity contribution is -0.119. The fourth-order valence-electron chi connectivity index (χ4n) is 4.87. The summed E-state index contributed by atoms with van der Waals surface area (Å²) in [6.07, 6.45) is 11.3. The van der Waals surface area contributed by atoms with Gasteiger partial charge in [-0.3, -0.25) is 4.79 Å². The van der Waals surface area contributed by atoms with Crippen molar-refractivity contribution in [2.45, 2.75) is 58.5 Å². The maximum atomic E-state index is 12.5. The van der Waals surface area contributed by atoms with Crippen LogP contribution in [-0.4, -0.2) is 46.0 Å². The van der Waals surface area contributed by atoms with E-state index in [-0.39, 0.29) is 11.8 Å². The number of carbonyl (C=O) groups excluding carboxylic acids is 1. The normalized spacial score (nSPS) is 22.2. The molecular weight excluding hydrogens is 400 g/mol. The summed E-state index contributed by atoms with van der Waals surface area (Å²) in [5.74, 6) is 1.87. The second-order valence-corrected chi connectivity index (χ2v) is 9.13. The topological polar surface area (TPSA) is 74.6 Å². The Labute approximate surface area is 191 Å². The largest absolute Gasteiger partial charge is 0.357 e. The molecule has 1 aromatic heterocycles. The van der Waals surface area contributed by atoms with E-state index in [1.807, 2.05) is 30.7 Å². The molecular formula is C25H36N6O. The predicted molar refractivity (Wildman–Crippen MR) is 128 cm³/mol. The van der Waals surface area contributed by atoms with Crippen molar-refractivity contribution in [3.05, 3.63) is 48.5 Å². The van der Waals surface area contributed by atoms with E-state index in [0.29, 0.717) is 18.5 Å². The van der Waals surface area contributed by atoms with Gasteiger partial charge >= 0.3 is 0 Å². The van der Waals surface area contributed by atoms with E-state index in [1.165, 1.54) is 0 Å². The number of piperidine rings is 1. The van der Waals surface area contributed by atoms with E-state index < -0.39 is 0 Å². The van der Waals surface area contributed by atoms with Crippen molar-refractivity contribution in [3.8, 4) is 0 Å². The third kappa shape index (κ3) is 5.50. The molecule has 32 heavy (non-hydrogen) atoms. The molecule has 2 N–H and O–H groups in total. The highest BCUT2D eigenvalue weighted by Crippen LogP contribution is 2.28. The molecule has 2 atom stereocenters. The van der Waals surface area contributed by atoms with Crippen molar-refractivity contribution in [2.24, 2.45) is 16.8 Å². The van der Waals surface area contributed by atoms with E-state index >= 15 is 0 Å². The van der Waals surface area contributed by atoms with E-state index in [0.717, 1.165) is 68.9 Å². The van der Waals surface area contributed by atoms with Crippen LogP contribution in [-0.2, 0) is 11.3 Å². The smallest absolute Gasteiger partial charge is 0.227 e. The maximum Gasteiger partial charge on any atom is 0.227 e. The number of rotatable bonds is 6. The molecule has 1 aliphatic carbocycles. The summed E-state index contributed by atoms with van der Waals surface area (Å²) in [5.41, 5.74) is 1.97. The van der Waals surface area contributed by atoms with Crippen molar-refractivity contribution >= 4 is 17.6 Å². The predicted octanol–water partition coefficient (Wildman–Crippen LogP) is 4.06. The van der Waals surface area contributed by atoms with E-state index in [9.17, 15) is 4.79 Å². The lowest BCUT2D eigenvalue weighted by Crippen LogP contribution is -2.49. The van der Waals surface area contributed by atoms with Gasteiger partial charge in [0.25, 0.3) is 0 Å². The Hall–Kier alpha value is -2.83. The number of nitrogens with one attached hydrogen (secondary N) is 2. The molecule has 0 bridgehead atoms. The van der Waals surface area contributed by atoms with Gasteiger partial charge in [0.15, 0.2) is 5.96 Å². The molecule has 0 spiro atoms. The lowest BCUT2D eigenvalue weighted by atomic mass is 9.93. The number of hydrogen-bond donors (Lipinski definition) is 2. The second-order valence-electron chi connectivity index (χ2n) is 9.13. The van der Waals surface area contributed by atoms with Gasteiger partial charge in [-0.2, -0.15) is 0 Å². The van der Waals surface area contributed by atoms with Crippen LogP contribution in [0.25, 0.3) is 0 Å². The average molecular weight is 437 g/mol. The summed E-state index contributed by atoms with van der Waals surface area (Å²) < 4.78 is 2.22. The number of nitrogens with zero attached hydrogens (tertiary/aromatic N) is 4. The summed E-state index contributed by atoms with van der Waals surface area (Å²) in [5, 5.41) is 6.57. The van der Waals surface area contributed by atoms with Crippen molar-refractivity contribution in [3.63, 3.8) is 0 Å². The Kier molecular flexibility index (Phi) is 7.45. The number of guanidine groups is 1. The summed E-state index contributed by atoms with van der Waals surface area (Å²) in [7, 11) is 0. The van der Waals surface area contributed by atoms with Crippen LogP contribution in [0.2, 0.25) is 0 Å². The number of imidazole rings is 1. The Morgan fingerprint density at radius 3 is 2.84 bits per heavy atom. The second kappa shape index (κ2) is 10.7. The van der Waals surface area contributed by atoms with Crippen LogP contribution in [0.5, 0.6) is 0 Å². The monoisotopic (exact) mass is 436 g/mol. The van der Waals surface area contributed by atoms with Gasteiger partial charge in [0, 0.05) is 43.6 Å². The molecule has 172 valence electrons. The average Bonchev–Trinajstić information content (AvgIpc) is 3.52. The third-order valence-corrected chi connectivity index (χ3v) is 6.79. The van der Waals surface area contributed by atoms with Crippen LogP contribution in [0.1, 0.15) is 57.6 Å². The molecule has 2 heterocycles. The molecule has 2 aromatic rings. The molecule has 2 unspecified atom stereocenters. The fourth-order valence-corrected chi connectivity index (χ4v) is 4.87. The highest BCUT2D eigenvalue weighted by atomic mass is 16.1. The zero-order valence-corrected chi connectivity index (χ0v) is 19.3. The molecule has 1 aliphatic heterocycles. The Morgan fingerprint density at radius 2 is 2.09 bits per heavy atom. The van der Waals surface area contributed by atoms with Crippen LogP contribution in [0, 0.1) is 11.8 Å². The van der Waals surface area contributed by atoms with Gasteiger partial charge in [0.1, 0.15) is 0 Å². The lowest BCUT2D eigenvalue weighted by Gasteiger charge is -2.39. The van der Waals surface area contributed by atoms with E-state index in [4.69, 9.17) is 4.99 Å². The van der Waals surface area contributed by atoms with Gasteiger partial charge in [0.05, 0.1) is 18.9 Å². The van der Waals surface area contributed by atoms with Gasteiger partial charge in [0.2, 0.25) is 5.91 Å². The van der Waals surface area contributed by atoms with Crippen LogP contribution in [0.4, 0.5) is 5.69 Å². The van der Waals surface area contributed by atoms with Crippen molar-refractivity contribution < 1.29 is 4.79 Å². The number of aromatic nitrogens is 2. The van der Waals surface area contributed by atoms with E-state index in [1.54, 1.807) is 0 Å². The Balaban J connectivity index is 1.42. The quantitative estimate of drug-likeness (QED) is 0.529. The van der Waals surface area contributed by atoms with Gasteiger partial charge < -0.3 is 20.1 Å². The van der Waals surface area contributed by atoms with Crippen LogP contribution >= 0.6 is 0 Å². The standard InChI is InChI=1S/C25H36N6O/c1-3-27-25(30-13-11-19(2)23(17-30)31-14-12-26-18-31)28-16-20-7-6-10-22(15-20)29-24(32)21-8-4-5-9-21/h6-7,10,12,14-15,18-19,21,23H,3-5,8-9,11,13,16-17H2,1-2H3,(H,27,28)(H,29,32). The molecule has 4 rings (SSSR count). The van der Waals surface area contributed by atoms with Crippen molar-refractivity contribution in [1.82, 2.24) is 19.8 Å². The molecule has 7 heteroatoms. The summed E-state index contributed by atoms with van der Waals surface area (Å²) in [4.78, 5) is 24.0. The summed E-state index contributed by atoms with van der Waals surface area (Å²) in [6, 6.07) is 8.48. The molecule has 0 radical (unpaired) electrons. The van der Waals surface area contributed by atoms with Crippen molar-refractivity contribution in [1.29, 1.82) is 0 Å². The molecule has 1 saturated carbocycles. The number of amides is 1. The number of carbonyl (C=O) groups is 1. The zero-order valence-electron chi connectivity index (χ0n) is 19.3. The first-order chi connectivity index (χ1) is 15.6. The van der Waals surface area contributed by atoms with Gasteiger partial charge in [-0.05, 0) is 49.8 Å². The Morgan fingerprint density at radius 1 is 1.25 bits per heavy atom. The highest BCUT2D eigenvalue weighted by Gasteiger charge is 2.29. The Bertz CT molecular complexity index is 903. The minimum Gasteiger partial charge on any atom is -0.357 e. The first-order valence-electron chi connectivity index (χ1n) is 12.0. The number of benzene rings is 1. The maximum absolute atomic E-state index is 12.5. The number of anilines is 1. The third-order valence-electron chi connectivity index (χ3n) is 6.79. The number of aliphatic imine (C=N–C) groups is 1. The van der Waals surface area contributed by atoms with Crippen LogP contribution in [0.3, 0.4) is 0 Å². The molecule has 1 saturated heterocycles. The minimum absolute atomic E-state index is 0.157. The number of hydrogen-bond acceptors (Lipinski definition) is 3. The first-order valence-corrected chi connectivity index (χ1v) is 12.0. The van der Waals surface area contributed by atoms with E-state index in [2.05, 4.69) is 51.2 Å². The molecule has 1 amide bonds. The SMILES string of the molecule is CCNC(=NCc1cccc(NC(=O)C2CCCC2)c1)N1CCC(C)C(n2ccnc2)C1. The van der Waals surface area contributed by atoms with Gasteiger partial charge in [-0.25, -0.2) is 9.98 Å². The summed E-state index contributed by atoms with van der Waals surface area (Å²) in [6.45, 7) is 7.75. The minimum atomic E-state index is 0.157. The molecule has 2 fully saturated rings.